The van der Waals surface area contributed by atoms with Crippen molar-refractivity contribution >= 4 is 33.2 Å². The number of rotatable bonds is 7. The fraction of sp³-hybridized carbons (Fsp3) is 0.211. The molecule has 0 unspecified atom stereocenters. The first-order chi connectivity index (χ1) is 14.2. The number of aryl methyl sites for hydroxylation is 2. The van der Waals surface area contributed by atoms with E-state index in [0.29, 0.717) is 10.8 Å². The number of hydrogen-bond donors (Lipinski definition) is 1. The summed E-state index contributed by atoms with van der Waals surface area (Å²) in [5.74, 6) is -3.83. The molecule has 1 N–H and O–H groups in total. The van der Waals surface area contributed by atoms with Crippen LogP contribution in [0, 0.1) is 13.8 Å². The molecule has 11 heteroatoms. The summed E-state index contributed by atoms with van der Waals surface area (Å²) < 4.78 is 49.8. The van der Waals surface area contributed by atoms with Crippen LogP contribution < -0.4 is 5.32 Å². The van der Waals surface area contributed by atoms with Crippen molar-refractivity contribution in [2.75, 3.05) is 11.1 Å². The zero-order valence-corrected chi connectivity index (χ0v) is 17.7. The van der Waals surface area contributed by atoms with Crippen LogP contribution >= 0.6 is 11.8 Å². The summed E-state index contributed by atoms with van der Waals surface area (Å²) in [7, 11) is -4.67. The summed E-state index contributed by atoms with van der Waals surface area (Å²) in [6.45, 7) is 3.97. The van der Waals surface area contributed by atoms with Crippen LogP contribution in [-0.2, 0) is 14.6 Å². The highest BCUT2D eigenvalue weighted by molar-refractivity contribution is 7.99. The maximum atomic E-state index is 12.6. The lowest BCUT2D eigenvalue weighted by Gasteiger charge is -2.10. The molecule has 0 fully saturated rings. The number of nitrogens with one attached hydrogen (secondary N) is 1. The van der Waals surface area contributed by atoms with E-state index in [4.69, 9.17) is 0 Å². The lowest BCUT2D eigenvalue weighted by atomic mass is 10.1. The topological polar surface area (TPSA) is 93.9 Å². The molecule has 3 rings (SSSR count). The van der Waals surface area contributed by atoms with E-state index in [0.717, 1.165) is 28.9 Å². The summed E-state index contributed by atoms with van der Waals surface area (Å²) in [5, 5.41) is 11.1. The number of hydrogen-bond acceptors (Lipinski definition) is 6. The van der Waals surface area contributed by atoms with E-state index in [-0.39, 0.29) is 11.7 Å². The van der Waals surface area contributed by atoms with Crippen molar-refractivity contribution in [2.24, 2.45) is 0 Å². The molecule has 1 amide bonds. The van der Waals surface area contributed by atoms with Gasteiger partial charge in [-0.05, 0) is 49.7 Å². The third kappa shape index (κ3) is 4.85. The molecule has 0 aliphatic heterocycles. The second kappa shape index (κ2) is 8.92. The van der Waals surface area contributed by atoms with Crippen molar-refractivity contribution in [3.8, 4) is 5.69 Å². The third-order valence-corrected chi connectivity index (χ3v) is 6.50. The van der Waals surface area contributed by atoms with Crippen LogP contribution in [0.25, 0.3) is 5.69 Å². The second-order valence-electron chi connectivity index (χ2n) is 6.44. The summed E-state index contributed by atoms with van der Waals surface area (Å²) >= 11 is 1.18. The normalized spacial score (nSPS) is 11.6. The number of aromatic nitrogens is 3. The molecule has 1 heterocycles. The lowest BCUT2D eigenvalue weighted by molar-refractivity contribution is -0.113. The first kappa shape index (κ1) is 21.9. The minimum absolute atomic E-state index is 0.0285. The average molecular weight is 453 g/mol. The van der Waals surface area contributed by atoms with Gasteiger partial charge in [-0.15, -0.1) is 10.2 Å². The van der Waals surface area contributed by atoms with Gasteiger partial charge in [0.2, 0.25) is 15.7 Å². The Morgan fingerprint density at radius 2 is 1.87 bits per heavy atom. The summed E-state index contributed by atoms with van der Waals surface area (Å²) in [6, 6.07) is 10.5. The number of benzene rings is 2. The zero-order chi connectivity index (χ0) is 21.9. The van der Waals surface area contributed by atoms with Crippen LogP contribution in [0.1, 0.15) is 11.1 Å². The molecular weight excluding hydrogens is 434 g/mol. The highest BCUT2D eigenvalue weighted by Crippen LogP contribution is 2.23. The van der Waals surface area contributed by atoms with Crippen molar-refractivity contribution in [3.63, 3.8) is 0 Å². The molecule has 0 bridgehead atoms. The van der Waals surface area contributed by atoms with Gasteiger partial charge in [0, 0.05) is 5.69 Å². The molecule has 0 aliphatic carbocycles. The molecule has 2 aromatic carbocycles. The van der Waals surface area contributed by atoms with E-state index < -0.39 is 20.5 Å². The molecular formula is C19H18F2N4O3S2. The first-order valence-corrected chi connectivity index (χ1v) is 11.2. The molecule has 0 saturated carbocycles. The van der Waals surface area contributed by atoms with Gasteiger partial charge in [-0.3, -0.25) is 9.36 Å². The number of carbonyl (C=O) groups excluding carboxylic acids is 1. The Hall–Kier alpha value is -2.79. The van der Waals surface area contributed by atoms with Crippen molar-refractivity contribution in [2.45, 2.75) is 29.7 Å². The smallest absolute Gasteiger partial charge is 0.325 e. The third-order valence-electron chi connectivity index (χ3n) is 4.16. The van der Waals surface area contributed by atoms with Gasteiger partial charge in [0.25, 0.3) is 0 Å². The lowest BCUT2D eigenvalue weighted by Crippen LogP contribution is -2.15. The summed E-state index contributed by atoms with van der Waals surface area (Å²) in [4.78, 5) is 11.7. The minimum Gasteiger partial charge on any atom is -0.325 e. The van der Waals surface area contributed by atoms with E-state index in [1.807, 2.05) is 32.0 Å². The molecule has 3 aromatic rings. The Bertz CT molecular complexity index is 1160. The number of amides is 1. The van der Waals surface area contributed by atoms with Gasteiger partial charge >= 0.3 is 5.76 Å². The molecule has 7 nitrogen and oxygen atoms in total. The number of carbonyl (C=O) groups is 1. The van der Waals surface area contributed by atoms with Gasteiger partial charge < -0.3 is 5.32 Å². The standard InChI is InChI=1S/C19H18F2N4O3S2/c1-12-3-8-16(13(2)9-12)25-11-22-24-19(25)29-10-17(26)23-14-4-6-15(7-5-14)30(27,28)18(20)21/h3-9,11,18H,10H2,1-2H3,(H,23,26). The SMILES string of the molecule is Cc1ccc(-n2cnnc2SCC(=O)Nc2ccc(S(=O)(=O)C(F)F)cc2)c(C)c1. The fourth-order valence-corrected chi connectivity index (χ4v) is 4.16. The van der Waals surface area contributed by atoms with Crippen LogP contribution in [0.5, 0.6) is 0 Å². The maximum absolute atomic E-state index is 12.6. The van der Waals surface area contributed by atoms with Gasteiger partial charge in [0.05, 0.1) is 16.3 Å². The number of thioether (sulfide) groups is 1. The second-order valence-corrected chi connectivity index (χ2v) is 9.30. The van der Waals surface area contributed by atoms with E-state index in [1.54, 1.807) is 10.9 Å². The van der Waals surface area contributed by atoms with Crippen molar-refractivity contribution in [3.05, 3.63) is 59.9 Å². The maximum Gasteiger partial charge on any atom is 0.341 e. The number of anilines is 1. The average Bonchev–Trinajstić information content (AvgIpc) is 3.15. The monoisotopic (exact) mass is 452 g/mol. The van der Waals surface area contributed by atoms with Crippen LogP contribution in [0.4, 0.5) is 14.5 Å². The Balaban J connectivity index is 1.64. The Labute approximate surface area is 176 Å². The van der Waals surface area contributed by atoms with Gasteiger partial charge in [-0.25, -0.2) is 8.42 Å². The van der Waals surface area contributed by atoms with Gasteiger partial charge in [0.1, 0.15) is 6.33 Å². The van der Waals surface area contributed by atoms with Crippen LogP contribution in [0.3, 0.4) is 0 Å². The Kier molecular flexibility index (Phi) is 6.52. The number of sulfone groups is 1. The molecule has 0 atom stereocenters. The van der Waals surface area contributed by atoms with Crippen molar-refractivity contribution in [1.29, 1.82) is 0 Å². The summed E-state index contributed by atoms with van der Waals surface area (Å²) in [6.07, 6.45) is 1.57. The van der Waals surface area contributed by atoms with Gasteiger partial charge in [0.15, 0.2) is 5.16 Å². The number of alkyl halides is 2. The molecule has 0 radical (unpaired) electrons. The Morgan fingerprint density at radius 3 is 2.50 bits per heavy atom. The number of halogens is 2. The summed E-state index contributed by atoms with van der Waals surface area (Å²) in [5.41, 5.74) is 3.37. The van der Waals surface area contributed by atoms with Gasteiger partial charge in [-0.1, -0.05) is 29.5 Å². The highest BCUT2D eigenvalue weighted by Gasteiger charge is 2.26. The molecule has 0 spiro atoms. The van der Waals surface area contributed by atoms with Crippen LogP contribution in [0.15, 0.2) is 58.8 Å². The van der Waals surface area contributed by atoms with E-state index in [1.165, 1.54) is 23.9 Å². The van der Waals surface area contributed by atoms with Crippen LogP contribution in [-0.4, -0.2) is 40.6 Å². The molecule has 158 valence electrons. The fourth-order valence-electron chi connectivity index (χ4n) is 2.72. The molecule has 0 saturated heterocycles. The van der Waals surface area contributed by atoms with Crippen molar-refractivity contribution in [1.82, 2.24) is 14.8 Å². The van der Waals surface area contributed by atoms with E-state index in [2.05, 4.69) is 15.5 Å². The minimum atomic E-state index is -4.67. The van der Waals surface area contributed by atoms with Crippen LogP contribution in [0.2, 0.25) is 0 Å². The van der Waals surface area contributed by atoms with Gasteiger partial charge in [-0.2, -0.15) is 8.78 Å². The van der Waals surface area contributed by atoms with Crippen molar-refractivity contribution < 1.29 is 22.0 Å². The Morgan fingerprint density at radius 1 is 1.17 bits per heavy atom. The van der Waals surface area contributed by atoms with E-state index >= 15 is 0 Å². The largest absolute Gasteiger partial charge is 0.341 e. The predicted octanol–water partition coefficient (Wildman–Crippen LogP) is 3.61. The molecule has 0 aliphatic rings. The number of nitrogens with zero attached hydrogens (tertiary/aromatic N) is 3. The molecule has 1 aromatic heterocycles. The predicted molar refractivity (Wildman–Crippen MR) is 110 cm³/mol. The first-order valence-electron chi connectivity index (χ1n) is 8.71. The zero-order valence-electron chi connectivity index (χ0n) is 16.0. The highest BCUT2D eigenvalue weighted by atomic mass is 32.2. The quantitative estimate of drug-likeness (QED) is 0.551. The molecule has 30 heavy (non-hydrogen) atoms. The van der Waals surface area contributed by atoms with E-state index in [9.17, 15) is 22.0 Å².